The molecule has 0 heterocycles. The van der Waals surface area contributed by atoms with Crippen LogP contribution in [0.4, 0.5) is 8.78 Å². The standard InChI is InChI=1S/C13H11F2I3O4/c1-5(2)10(13(14,15)12(20)21)22-11(19)7-3-6(16)4-8(17)9(7)18/h3-5,10H,1-2H3,(H,20,21). The lowest BCUT2D eigenvalue weighted by atomic mass is 10.0. The molecule has 0 aromatic heterocycles. The van der Waals surface area contributed by atoms with Gasteiger partial charge in [0.1, 0.15) is 0 Å². The van der Waals surface area contributed by atoms with Gasteiger partial charge in [-0.25, -0.2) is 9.59 Å². The highest BCUT2D eigenvalue weighted by atomic mass is 127. The first-order chi connectivity index (χ1) is 9.98. The van der Waals surface area contributed by atoms with Gasteiger partial charge < -0.3 is 9.84 Å². The quantitative estimate of drug-likeness (QED) is 0.292. The first-order valence-electron chi connectivity index (χ1n) is 5.95. The Morgan fingerprint density at radius 1 is 1.23 bits per heavy atom. The average molecular weight is 650 g/mol. The Morgan fingerprint density at radius 2 is 1.77 bits per heavy atom. The second kappa shape index (κ2) is 7.85. The van der Waals surface area contributed by atoms with Gasteiger partial charge in [-0.2, -0.15) is 8.78 Å². The number of aliphatic carboxylic acids is 1. The monoisotopic (exact) mass is 650 g/mol. The molecule has 1 aromatic carbocycles. The fraction of sp³-hybridized carbons (Fsp3) is 0.385. The predicted molar refractivity (Wildman–Crippen MR) is 101 cm³/mol. The number of hydrogen-bond acceptors (Lipinski definition) is 3. The van der Waals surface area contributed by atoms with Crippen molar-refractivity contribution in [1.29, 1.82) is 0 Å². The van der Waals surface area contributed by atoms with Crippen molar-refractivity contribution < 1.29 is 28.2 Å². The van der Waals surface area contributed by atoms with E-state index in [0.29, 0.717) is 3.57 Å². The van der Waals surface area contributed by atoms with Gasteiger partial charge in [0.05, 0.1) is 5.56 Å². The van der Waals surface area contributed by atoms with Crippen molar-refractivity contribution in [1.82, 2.24) is 0 Å². The summed E-state index contributed by atoms with van der Waals surface area (Å²) in [7, 11) is 0. The number of rotatable bonds is 5. The molecule has 1 unspecified atom stereocenters. The normalized spacial score (nSPS) is 13.1. The van der Waals surface area contributed by atoms with Gasteiger partial charge in [0, 0.05) is 10.7 Å². The Hall–Kier alpha value is 0.210. The smallest absolute Gasteiger partial charge is 0.378 e. The van der Waals surface area contributed by atoms with Crippen LogP contribution < -0.4 is 0 Å². The lowest BCUT2D eigenvalue weighted by Crippen LogP contribution is -2.47. The third-order valence-corrected chi connectivity index (χ3v) is 6.36. The Morgan fingerprint density at radius 3 is 2.23 bits per heavy atom. The van der Waals surface area contributed by atoms with E-state index in [9.17, 15) is 18.4 Å². The van der Waals surface area contributed by atoms with E-state index in [2.05, 4.69) is 0 Å². The van der Waals surface area contributed by atoms with Crippen LogP contribution in [0.25, 0.3) is 0 Å². The van der Waals surface area contributed by atoms with Crippen molar-refractivity contribution in [3.05, 3.63) is 28.4 Å². The van der Waals surface area contributed by atoms with Crippen LogP contribution in [-0.2, 0) is 9.53 Å². The predicted octanol–water partition coefficient (Wildman–Crippen LogP) is 4.40. The largest absolute Gasteiger partial charge is 0.477 e. The van der Waals surface area contributed by atoms with E-state index in [1.165, 1.54) is 19.9 Å². The zero-order valence-electron chi connectivity index (χ0n) is 11.4. The Labute approximate surface area is 166 Å². The van der Waals surface area contributed by atoms with Crippen molar-refractivity contribution in [2.75, 3.05) is 0 Å². The first kappa shape index (κ1) is 20.3. The summed E-state index contributed by atoms with van der Waals surface area (Å²) in [5, 5.41) is 8.64. The van der Waals surface area contributed by atoms with Gasteiger partial charge in [0.25, 0.3) is 0 Å². The summed E-state index contributed by atoms with van der Waals surface area (Å²) < 4.78 is 34.4. The van der Waals surface area contributed by atoms with Crippen molar-refractivity contribution in [3.63, 3.8) is 0 Å². The molecule has 1 aromatic rings. The summed E-state index contributed by atoms with van der Waals surface area (Å²) in [4.78, 5) is 22.9. The average Bonchev–Trinajstić information content (AvgIpc) is 2.38. The van der Waals surface area contributed by atoms with E-state index >= 15 is 0 Å². The fourth-order valence-electron chi connectivity index (χ4n) is 1.63. The maximum atomic E-state index is 13.7. The molecular formula is C13H11F2I3O4. The molecule has 0 aliphatic carbocycles. The zero-order chi connectivity index (χ0) is 17.2. The number of carbonyl (C=O) groups is 2. The number of hydrogen-bond donors (Lipinski definition) is 1. The van der Waals surface area contributed by atoms with Gasteiger partial charge >= 0.3 is 17.9 Å². The van der Waals surface area contributed by atoms with Crippen LogP contribution in [0.15, 0.2) is 12.1 Å². The second-order valence-corrected chi connectivity index (χ2v) is 8.23. The molecule has 0 aliphatic rings. The number of benzene rings is 1. The summed E-state index contributed by atoms with van der Waals surface area (Å²) in [6, 6.07) is 3.34. The second-order valence-electron chi connectivity index (χ2n) is 4.75. The van der Waals surface area contributed by atoms with Gasteiger partial charge in [-0.05, 0) is 85.8 Å². The first-order valence-corrected chi connectivity index (χ1v) is 9.18. The van der Waals surface area contributed by atoms with Crippen LogP contribution in [0.3, 0.4) is 0 Å². The lowest BCUT2D eigenvalue weighted by molar-refractivity contribution is -0.187. The zero-order valence-corrected chi connectivity index (χ0v) is 17.8. The molecule has 4 nitrogen and oxygen atoms in total. The van der Waals surface area contributed by atoms with E-state index in [4.69, 9.17) is 9.84 Å². The molecule has 0 saturated carbocycles. The van der Waals surface area contributed by atoms with Crippen LogP contribution in [0.5, 0.6) is 0 Å². The lowest BCUT2D eigenvalue weighted by Gasteiger charge is -2.26. The molecule has 0 amide bonds. The molecule has 0 bridgehead atoms. The Kier molecular flexibility index (Phi) is 7.23. The number of halogens is 5. The van der Waals surface area contributed by atoms with Crippen molar-refractivity contribution in [2.45, 2.75) is 25.9 Å². The van der Waals surface area contributed by atoms with Crippen molar-refractivity contribution >= 4 is 79.7 Å². The third kappa shape index (κ3) is 4.61. The minimum absolute atomic E-state index is 0.142. The van der Waals surface area contributed by atoms with E-state index in [0.717, 1.165) is 7.14 Å². The molecular weight excluding hydrogens is 639 g/mol. The molecule has 1 N–H and O–H groups in total. The van der Waals surface area contributed by atoms with Gasteiger partial charge in [-0.1, -0.05) is 13.8 Å². The van der Waals surface area contributed by atoms with Crippen LogP contribution in [0, 0.1) is 16.6 Å². The summed E-state index contributed by atoms with van der Waals surface area (Å²) in [5.74, 6) is -8.27. The van der Waals surface area contributed by atoms with Crippen LogP contribution in [0.2, 0.25) is 0 Å². The number of esters is 1. The van der Waals surface area contributed by atoms with Crippen molar-refractivity contribution in [3.8, 4) is 0 Å². The summed E-state index contributed by atoms with van der Waals surface area (Å²) in [6.07, 6.45) is -2.04. The number of alkyl halides is 2. The van der Waals surface area contributed by atoms with Gasteiger partial charge in [-0.3, -0.25) is 0 Å². The number of carboxylic acid groups (broad SMARTS) is 1. The van der Waals surface area contributed by atoms with Gasteiger partial charge in [-0.15, -0.1) is 0 Å². The minimum atomic E-state index is -4.15. The highest BCUT2D eigenvalue weighted by Gasteiger charge is 2.51. The van der Waals surface area contributed by atoms with Gasteiger partial charge in [0.2, 0.25) is 0 Å². The summed E-state index contributed by atoms with van der Waals surface area (Å²) in [6.45, 7) is 2.75. The van der Waals surface area contributed by atoms with Crippen molar-refractivity contribution in [2.24, 2.45) is 5.92 Å². The Balaban J connectivity index is 3.16. The molecule has 1 atom stereocenters. The van der Waals surface area contributed by atoms with Crippen LogP contribution in [-0.4, -0.2) is 29.1 Å². The van der Waals surface area contributed by atoms with E-state index < -0.39 is 29.9 Å². The highest BCUT2D eigenvalue weighted by Crippen LogP contribution is 2.30. The minimum Gasteiger partial charge on any atom is -0.477 e. The molecule has 122 valence electrons. The summed E-state index contributed by atoms with van der Waals surface area (Å²) >= 11 is 5.94. The van der Waals surface area contributed by atoms with Crippen LogP contribution in [0.1, 0.15) is 24.2 Å². The molecule has 1 rings (SSSR count). The number of carbonyl (C=O) groups excluding carboxylic acids is 1. The molecule has 22 heavy (non-hydrogen) atoms. The third-order valence-electron chi connectivity index (χ3n) is 2.69. The molecule has 0 fully saturated rings. The highest BCUT2D eigenvalue weighted by molar-refractivity contribution is 14.1. The van der Waals surface area contributed by atoms with E-state index in [-0.39, 0.29) is 5.56 Å². The summed E-state index contributed by atoms with van der Waals surface area (Å²) in [5.41, 5.74) is 0.142. The Bertz CT molecular complexity index is 605. The molecule has 0 aliphatic heterocycles. The number of carboxylic acids is 1. The van der Waals surface area contributed by atoms with Gasteiger partial charge in [0.15, 0.2) is 6.10 Å². The molecule has 0 spiro atoms. The molecule has 0 radical (unpaired) electrons. The SMILES string of the molecule is CC(C)C(OC(=O)c1cc(I)cc(I)c1I)C(F)(F)C(=O)O. The maximum Gasteiger partial charge on any atom is 0.378 e. The molecule has 0 saturated heterocycles. The van der Waals surface area contributed by atoms with E-state index in [1.807, 2.05) is 73.8 Å². The molecule has 9 heteroatoms. The number of ether oxygens (including phenoxy) is 1. The topological polar surface area (TPSA) is 63.6 Å². The maximum absolute atomic E-state index is 13.7. The van der Waals surface area contributed by atoms with Crippen LogP contribution >= 0.6 is 67.8 Å². The van der Waals surface area contributed by atoms with E-state index in [1.54, 1.807) is 0 Å². The fourth-order valence-corrected chi connectivity index (χ4v) is 4.01.